The van der Waals surface area contributed by atoms with Gasteiger partial charge in [0.25, 0.3) is 5.90 Å². The maximum atomic E-state index is 11.6. The van der Waals surface area contributed by atoms with Crippen molar-refractivity contribution in [3.05, 3.63) is 67.0 Å². The molecule has 2 unspecified atom stereocenters. The molecule has 0 radical (unpaired) electrons. The number of aryl methyl sites for hydroxylation is 1. The number of aromatic nitrogens is 2. The van der Waals surface area contributed by atoms with Crippen molar-refractivity contribution in [1.29, 1.82) is 0 Å². The molecule has 1 aromatic heterocycles. The highest BCUT2D eigenvalue weighted by Gasteiger charge is 2.24. The molecule has 24 heavy (non-hydrogen) atoms. The molecule has 0 bridgehead atoms. The summed E-state index contributed by atoms with van der Waals surface area (Å²) in [5, 5.41) is 3.32. The van der Waals surface area contributed by atoms with Crippen molar-refractivity contribution >= 4 is 11.7 Å². The van der Waals surface area contributed by atoms with Crippen molar-refractivity contribution in [3.8, 4) is 0 Å². The number of rotatable bonds is 6. The van der Waals surface area contributed by atoms with E-state index in [-0.39, 0.29) is 23.8 Å². The van der Waals surface area contributed by atoms with E-state index in [9.17, 15) is 4.79 Å². The Labute approximate surface area is 140 Å². The number of nitrogens with two attached hydrogens (primary N) is 1. The maximum absolute atomic E-state index is 11.6. The number of hydrazone groups is 1. The van der Waals surface area contributed by atoms with Crippen LogP contribution in [0.2, 0.25) is 0 Å². The average molecular weight is 328 g/mol. The SMILES string of the molecule is C=CC(=O)/C(=N/N)OC(=C)C1=CC(OC)C(n2cnc(C)c2)C=C1. The number of imidazole rings is 1. The number of ether oxygens (including phenoxy) is 2. The zero-order valence-corrected chi connectivity index (χ0v) is 13.7. The van der Waals surface area contributed by atoms with Crippen molar-refractivity contribution < 1.29 is 14.3 Å². The Morgan fingerprint density at radius 2 is 2.29 bits per heavy atom. The van der Waals surface area contributed by atoms with Crippen molar-refractivity contribution in [2.75, 3.05) is 7.11 Å². The number of carbonyl (C=O) groups excluding carboxylic acids is 1. The highest BCUT2D eigenvalue weighted by molar-refractivity contribution is 6.40. The molecule has 126 valence electrons. The Kier molecular flexibility index (Phi) is 5.49. The number of hydrogen-bond donors (Lipinski definition) is 1. The van der Waals surface area contributed by atoms with Crippen molar-refractivity contribution in [3.63, 3.8) is 0 Å². The van der Waals surface area contributed by atoms with Crippen LogP contribution < -0.4 is 5.84 Å². The summed E-state index contributed by atoms with van der Waals surface area (Å²) in [5.74, 6) is 4.61. The fourth-order valence-corrected chi connectivity index (χ4v) is 2.31. The number of hydrogen-bond acceptors (Lipinski definition) is 6. The summed E-state index contributed by atoms with van der Waals surface area (Å²) in [5.41, 5.74) is 1.60. The first-order chi connectivity index (χ1) is 11.5. The topological polar surface area (TPSA) is 91.7 Å². The minimum absolute atomic E-state index is 0.0368. The van der Waals surface area contributed by atoms with E-state index in [1.807, 2.05) is 35.9 Å². The van der Waals surface area contributed by atoms with Crippen molar-refractivity contribution in [2.24, 2.45) is 10.9 Å². The van der Waals surface area contributed by atoms with Gasteiger partial charge < -0.3 is 19.9 Å². The molecule has 0 saturated carbocycles. The molecule has 2 rings (SSSR count). The highest BCUT2D eigenvalue weighted by atomic mass is 16.5. The predicted octanol–water partition coefficient (Wildman–Crippen LogP) is 1.80. The molecule has 2 N–H and O–H groups in total. The zero-order chi connectivity index (χ0) is 17.7. The lowest BCUT2D eigenvalue weighted by Crippen LogP contribution is -2.25. The van der Waals surface area contributed by atoms with Gasteiger partial charge in [-0.25, -0.2) is 4.98 Å². The number of ketones is 1. The van der Waals surface area contributed by atoms with Crippen LogP contribution >= 0.6 is 0 Å². The van der Waals surface area contributed by atoms with Gasteiger partial charge in [0.15, 0.2) is 0 Å². The van der Waals surface area contributed by atoms with Gasteiger partial charge in [0.2, 0.25) is 5.78 Å². The van der Waals surface area contributed by atoms with Crippen LogP contribution in [-0.2, 0) is 14.3 Å². The smallest absolute Gasteiger partial charge is 0.284 e. The fourth-order valence-electron chi connectivity index (χ4n) is 2.31. The van der Waals surface area contributed by atoms with Crippen molar-refractivity contribution in [2.45, 2.75) is 19.1 Å². The lowest BCUT2D eigenvalue weighted by atomic mass is 9.99. The van der Waals surface area contributed by atoms with E-state index in [0.717, 1.165) is 11.8 Å². The molecule has 0 amide bonds. The fraction of sp³-hybridized carbons (Fsp3) is 0.235. The van der Waals surface area contributed by atoms with E-state index in [0.29, 0.717) is 5.57 Å². The first-order valence-corrected chi connectivity index (χ1v) is 7.24. The van der Waals surface area contributed by atoms with E-state index in [4.69, 9.17) is 15.3 Å². The Hall–Kier alpha value is -2.93. The lowest BCUT2D eigenvalue weighted by Gasteiger charge is -2.26. The molecular formula is C17H20N4O3. The van der Waals surface area contributed by atoms with E-state index < -0.39 is 5.78 Å². The van der Waals surface area contributed by atoms with Crippen LogP contribution in [0.1, 0.15) is 11.7 Å². The monoisotopic (exact) mass is 328 g/mol. The second kappa shape index (κ2) is 7.56. The van der Waals surface area contributed by atoms with E-state index in [1.165, 1.54) is 0 Å². The van der Waals surface area contributed by atoms with Gasteiger partial charge in [-0.1, -0.05) is 25.3 Å². The first-order valence-electron chi connectivity index (χ1n) is 7.24. The number of carbonyl (C=O) groups is 1. The lowest BCUT2D eigenvalue weighted by molar-refractivity contribution is -0.110. The van der Waals surface area contributed by atoms with Gasteiger partial charge in [-0.15, -0.1) is 5.10 Å². The van der Waals surface area contributed by atoms with Gasteiger partial charge in [0.1, 0.15) is 11.9 Å². The average Bonchev–Trinajstić information content (AvgIpc) is 3.04. The van der Waals surface area contributed by atoms with Crippen LogP contribution in [0.5, 0.6) is 0 Å². The Bertz CT molecular complexity index is 743. The molecule has 7 heteroatoms. The Morgan fingerprint density at radius 1 is 1.54 bits per heavy atom. The summed E-state index contributed by atoms with van der Waals surface area (Å²) in [6, 6.07) is -0.0368. The minimum Gasteiger partial charge on any atom is -0.435 e. The molecule has 0 aliphatic heterocycles. The number of allylic oxidation sites excluding steroid dienone is 1. The molecule has 0 saturated heterocycles. The molecule has 2 atom stereocenters. The van der Waals surface area contributed by atoms with Gasteiger partial charge in [0, 0.05) is 18.9 Å². The minimum atomic E-state index is -0.519. The molecule has 1 aromatic rings. The predicted molar refractivity (Wildman–Crippen MR) is 91.1 cm³/mol. The third kappa shape index (κ3) is 3.69. The maximum Gasteiger partial charge on any atom is 0.284 e. The van der Waals surface area contributed by atoms with Gasteiger partial charge in [-0.05, 0) is 19.1 Å². The Balaban J connectivity index is 2.17. The molecule has 0 aromatic carbocycles. The van der Waals surface area contributed by atoms with Gasteiger partial charge in [0.05, 0.1) is 18.1 Å². The van der Waals surface area contributed by atoms with Gasteiger partial charge >= 0.3 is 0 Å². The Morgan fingerprint density at radius 3 is 2.83 bits per heavy atom. The van der Waals surface area contributed by atoms with Crippen LogP contribution in [0.4, 0.5) is 0 Å². The third-order valence-electron chi connectivity index (χ3n) is 3.56. The summed E-state index contributed by atoms with van der Waals surface area (Å²) in [4.78, 5) is 15.8. The van der Waals surface area contributed by atoms with Gasteiger partial charge in [-0.2, -0.15) is 0 Å². The zero-order valence-electron chi connectivity index (χ0n) is 13.7. The molecular weight excluding hydrogens is 308 g/mol. The number of nitrogens with zero attached hydrogens (tertiary/aromatic N) is 3. The molecule has 7 nitrogen and oxygen atoms in total. The van der Waals surface area contributed by atoms with E-state index >= 15 is 0 Å². The molecule has 1 aliphatic carbocycles. The van der Waals surface area contributed by atoms with Crippen LogP contribution in [0, 0.1) is 6.92 Å². The van der Waals surface area contributed by atoms with E-state index in [1.54, 1.807) is 13.4 Å². The standard InChI is InChI=1S/C17H20N4O3/c1-5-15(22)17(20-18)24-12(3)13-6-7-14(16(8-13)23-4)21-9-11(2)19-10-21/h5-10,14,16H,1,3,18H2,2,4H3/b20-17-. The summed E-state index contributed by atoms with van der Waals surface area (Å²) in [6.07, 6.45) is 10.2. The first kappa shape index (κ1) is 17.4. The quantitative estimate of drug-likeness (QED) is 0.215. The van der Waals surface area contributed by atoms with Gasteiger partial charge in [-0.3, -0.25) is 4.79 Å². The van der Waals surface area contributed by atoms with Crippen LogP contribution in [-0.4, -0.2) is 34.4 Å². The van der Waals surface area contributed by atoms with Crippen molar-refractivity contribution in [1.82, 2.24) is 9.55 Å². The third-order valence-corrected chi connectivity index (χ3v) is 3.56. The number of methoxy groups -OCH3 is 1. The van der Waals surface area contributed by atoms with Crippen LogP contribution in [0.3, 0.4) is 0 Å². The normalized spacial score (nSPS) is 20.4. The summed E-state index contributed by atoms with van der Waals surface area (Å²) >= 11 is 0. The second-order valence-corrected chi connectivity index (χ2v) is 5.16. The summed E-state index contributed by atoms with van der Waals surface area (Å²) in [6.45, 7) is 9.10. The summed E-state index contributed by atoms with van der Waals surface area (Å²) in [7, 11) is 1.62. The van der Waals surface area contributed by atoms with Crippen LogP contribution in [0.15, 0.2) is 66.4 Å². The molecule has 1 aliphatic rings. The largest absolute Gasteiger partial charge is 0.435 e. The molecule has 0 spiro atoms. The van der Waals surface area contributed by atoms with E-state index in [2.05, 4.69) is 23.2 Å². The highest BCUT2D eigenvalue weighted by Crippen LogP contribution is 2.27. The summed E-state index contributed by atoms with van der Waals surface area (Å²) < 4.78 is 12.8. The second-order valence-electron chi connectivity index (χ2n) is 5.16. The molecule has 1 heterocycles. The molecule has 0 fully saturated rings. The van der Waals surface area contributed by atoms with Crippen LogP contribution in [0.25, 0.3) is 0 Å².